The highest BCUT2D eigenvalue weighted by Gasteiger charge is 2.29. The van der Waals surface area contributed by atoms with Gasteiger partial charge in [0, 0.05) is 22.6 Å². The average molecular weight is 374 g/mol. The second-order valence-corrected chi connectivity index (χ2v) is 8.33. The van der Waals surface area contributed by atoms with Gasteiger partial charge in [-0.25, -0.2) is 13.4 Å². The van der Waals surface area contributed by atoms with Crippen molar-refractivity contribution < 1.29 is 8.42 Å². The fourth-order valence-corrected chi connectivity index (χ4v) is 4.62. The van der Waals surface area contributed by atoms with Crippen LogP contribution in [-0.2, 0) is 10.0 Å². The SMILES string of the molecule is CC(C)Nc1ccc2c(Cl)cc3c(c2n1)NS(=O)(=O)c1ccccc1-3. The summed E-state index contributed by atoms with van der Waals surface area (Å²) in [6.07, 6.45) is 0. The molecule has 25 heavy (non-hydrogen) atoms. The molecule has 7 heteroatoms. The molecule has 4 rings (SSSR count). The quantitative estimate of drug-likeness (QED) is 0.694. The molecule has 3 aromatic rings. The Kier molecular flexibility index (Phi) is 3.63. The van der Waals surface area contributed by atoms with E-state index >= 15 is 0 Å². The van der Waals surface area contributed by atoms with Crippen LogP contribution in [0.25, 0.3) is 22.0 Å². The van der Waals surface area contributed by atoms with Crippen molar-refractivity contribution in [2.45, 2.75) is 24.8 Å². The predicted molar refractivity (Wildman–Crippen MR) is 102 cm³/mol. The summed E-state index contributed by atoms with van der Waals surface area (Å²) in [5, 5.41) is 4.47. The van der Waals surface area contributed by atoms with E-state index in [0.717, 1.165) is 5.56 Å². The van der Waals surface area contributed by atoms with E-state index in [-0.39, 0.29) is 10.9 Å². The molecular weight excluding hydrogens is 358 g/mol. The molecule has 0 saturated heterocycles. The highest BCUT2D eigenvalue weighted by atomic mass is 35.5. The summed E-state index contributed by atoms with van der Waals surface area (Å²) in [4.78, 5) is 4.85. The maximum atomic E-state index is 12.6. The van der Waals surface area contributed by atoms with Gasteiger partial charge in [-0.05, 0) is 38.1 Å². The van der Waals surface area contributed by atoms with Crippen LogP contribution in [0.3, 0.4) is 0 Å². The van der Waals surface area contributed by atoms with Crippen LogP contribution in [0.15, 0.2) is 47.4 Å². The third-order valence-electron chi connectivity index (χ3n) is 4.07. The smallest absolute Gasteiger partial charge is 0.262 e. The van der Waals surface area contributed by atoms with Gasteiger partial charge in [-0.3, -0.25) is 4.72 Å². The zero-order valence-electron chi connectivity index (χ0n) is 13.7. The van der Waals surface area contributed by atoms with Crippen molar-refractivity contribution in [2.75, 3.05) is 10.0 Å². The molecule has 2 N–H and O–H groups in total. The maximum Gasteiger partial charge on any atom is 0.262 e. The van der Waals surface area contributed by atoms with Crippen LogP contribution in [0.1, 0.15) is 13.8 Å². The summed E-state index contributed by atoms with van der Waals surface area (Å²) in [5.41, 5.74) is 2.36. The van der Waals surface area contributed by atoms with E-state index in [9.17, 15) is 8.42 Å². The molecule has 0 fully saturated rings. The average Bonchev–Trinajstić information content (AvgIpc) is 2.56. The Labute approximate surface area is 151 Å². The number of pyridine rings is 1. The lowest BCUT2D eigenvalue weighted by atomic mass is 10.0. The standard InChI is InChI=1S/C18H16ClN3O2S/c1-10(2)20-16-8-7-12-14(19)9-13-11-5-3-4-6-15(11)25(23,24)22-18(13)17(12)21-16/h3-10,22H,1-2H3,(H,20,21). The molecule has 1 aromatic heterocycles. The van der Waals surface area contributed by atoms with Crippen LogP contribution >= 0.6 is 11.6 Å². The van der Waals surface area contributed by atoms with Crippen LogP contribution in [0.2, 0.25) is 5.02 Å². The van der Waals surface area contributed by atoms with Gasteiger partial charge in [-0.15, -0.1) is 0 Å². The van der Waals surface area contributed by atoms with Crippen molar-refractivity contribution in [1.29, 1.82) is 0 Å². The van der Waals surface area contributed by atoms with Crippen molar-refractivity contribution in [3.63, 3.8) is 0 Å². The first-order valence-corrected chi connectivity index (χ1v) is 9.75. The fourth-order valence-electron chi connectivity index (χ4n) is 3.05. The van der Waals surface area contributed by atoms with Gasteiger partial charge in [-0.2, -0.15) is 0 Å². The van der Waals surface area contributed by atoms with Crippen molar-refractivity contribution in [3.05, 3.63) is 47.5 Å². The number of nitrogens with one attached hydrogen (secondary N) is 2. The topological polar surface area (TPSA) is 71.1 Å². The number of sulfonamides is 1. The molecule has 128 valence electrons. The highest BCUT2D eigenvalue weighted by molar-refractivity contribution is 7.93. The predicted octanol–water partition coefficient (Wildman–Crippen LogP) is 4.49. The third kappa shape index (κ3) is 2.62. The second-order valence-electron chi connectivity index (χ2n) is 6.27. The fraction of sp³-hybridized carbons (Fsp3) is 0.167. The normalized spacial score (nSPS) is 14.7. The van der Waals surface area contributed by atoms with Gasteiger partial charge in [0.15, 0.2) is 0 Å². The summed E-state index contributed by atoms with van der Waals surface area (Å²) in [6, 6.07) is 12.6. The molecule has 0 unspecified atom stereocenters. The van der Waals surface area contributed by atoms with E-state index < -0.39 is 10.0 Å². The summed E-state index contributed by atoms with van der Waals surface area (Å²) in [5.74, 6) is 0.671. The van der Waals surface area contributed by atoms with Crippen LogP contribution < -0.4 is 10.0 Å². The minimum atomic E-state index is -3.65. The number of aromatic nitrogens is 1. The van der Waals surface area contributed by atoms with Gasteiger partial charge in [0.25, 0.3) is 10.0 Å². The van der Waals surface area contributed by atoms with Gasteiger partial charge in [0.1, 0.15) is 5.82 Å². The van der Waals surface area contributed by atoms with Gasteiger partial charge in [0.05, 0.1) is 21.1 Å². The largest absolute Gasteiger partial charge is 0.368 e. The number of fused-ring (bicyclic) bond motifs is 5. The number of rotatable bonds is 2. The van der Waals surface area contributed by atoms with E-state index in [1.165, 1.54) is 0 Å². The molecular formula is C18H16ClN3O2S. The molecule has 1 aliphatic rings. The highest BCUT2D eigenvalue weighted by Crippen LogP contribution is 2.44. The lowest BCUT2D eigenvalue weighted by Gasteiger charge is -2.23. The molecule has 2 heterocycles. The maximum absolute atomic E-state index is 12.6. The molecule has 0 bridgehead atoms. The number of benzene rings is 2. The molecule has 0 aliphatic carbocycles. The Morgan fingerprint density at radius 3 is 2.64 bits per heavy atom. The molecule has 0 radical (unpaired) electrons. The lowest BCUT2D eigenvalue weighted by Crippen LogP contribution is -2.19. The van der Waals surface area contributed by atoms with Gasteiger partial charge >= 0.3 is 0 Å². The molecule has 0 atom stereocenters. The first-order valence-electron chi connectivity index (χ1n) is 7.89. The van der Waals surface area contributed by atoms with E-state index in [1.807, 2.05) is 32.0 Å². The van der Waals surface area contributed by atoms with Crippen molar-refractivity contribution in [3.8, 4) is 11.1 Å². The van der Waals surface area contributed by atoms with Crippen molar-refractivity contribution in [2.24, 2.45) is 0 Å². The Morgan fingerprint density at radius 1 is 1.12 bits per heavy atom. The first kappa shape index (κ1) is 16.2. The minimum absolute atomic E-state index is 0.206. The Hall–Kier alpha value is -2.31. The molecule has 2 aromatic carbocycles. The number of anilines is 2. The molecule has 0 amide bonds. The van der Waals surface area contributed by atoms with Crippen molar-refractivity contribution >= 4 is 44.0 Å². The van der Waals surface area contributed by atoms with Gasteiger partial charge in [-0.1, -0.05) is 29.8 Å². The monoisotopic (exact) mass is 373 g/mol. The number of hydrogen-bond acceptors (Lipinski definition) is 4. The van der Waals surface area contributed by atoms with E-state index in [2.05, 4.69) is 15.0 Å². The minimum Gasteiger partial charge on any atom is -0.368 e. The molecule has 0 spiro atoms. The van der Waals surface area contributed by atoms with Crippen LogP contribution in [0.4, 0.5) is 11.5 Å². The Morgan fingerprint density at radius 2 is 1.88 bits per heavy atom. The number of hydrogen-bond donors (Lipinski definition) is 2. The number of halogens is 1. The van der Waals surface area contributed by atoms with Crippen LogP contribution in [0, 0.1) is 0 Å². The first-order chi connectivity index (χ1) is 11.9. The third-order valence-corrected chi connectivity index (χ3v) is 5.79. The molecule has 5 nitrogen and oxygen atoms in total. The van der Waals surface area contributed by atoms with Gasteiger partial charge in [0.2, 0.25) is 0 Å². The van der Waals surface area contributed by atoms with Crippen LogP contribution in [-0.4, -0.2) is 19.4 Å². The Balaban J connectivity index is 2.06. The summed E-state index contributed by atoms with van der Waals surface area (Å²) in [6.45, 7) is 4.02. The van der Waals surface area contributed by atoms with E-state index in [0.29, 0.717) is 33.0 Å². The summed E-state index contributed by atoms with van der Waals surface area (Å²) >= 11 is 6.45. The number of nitrogens with zero attached hydrogens (tertiary/aromatic N) is 1. The van der Waals surface area contributed by atoms with E-state index in [4.69, 9.17) is 11.6 Å². The zero-order valence-corrected chi connectivity index (χ0v) is 15.2. The lowest BCUT2D eigenvalue weighted by molar-refractivity contribution is 0.601. The molecule has 0 saturated carbocycles. The van der Waals surface area contributed by atoms with Crippen molar-refractivity contribution in [1.82, 2.24) is 4.98 Å². The van der Waals surface area contributed by atoms with Crippen LogP contribution in [0.5, 0.6) is 0 Å². The second kappa shape index (κ2) is 5.61. The van der Waals surface area contributed by atoms with Gasteiger partial charge < -0.3 is 5.32 Å². The van der Waals surface area contributed by atoms with E-state index in [1.54, 1.807) is 24.3 Å². The summed E-state index contributed by atoms with van der Waals surface area (Å²) in [7, 11) is -3.65. The zero-order chi connectivity index (χ0) is 17.8. The molecule has 1 aliphatic heterocycles. The summed E-state index contributed by atoms with van der Waals surface area (Å²) < 4.78 is 27.9. The Bertz CT molecular complexity index is 1110.